The predicted molar refractivity (Wildman–Crippen MR) is 98.2 cm³/mol. The fourth-order valence-electron chi connectivity index (χ4n) is 2.94. The average Bonchev–Trinajstić information content (AvgIpc) is 2.96. The SMILES string of the molecule is COC1C(=O)N(c2ccc(OS(=O)(=O)C(F)(F)F)c(Cc3ccccc3)n2)CC1O. The minimum atomic E-state index is -5.91. The smallest absolute Gasteiger partial charge is 0.388 e. The fraction of sp³-hybridized carbons (Fsp3) is 0.333. The monoisotopic (exact) mass is 446 g/mol. The maximum Gasteiger partial charge on any atom is 0.534 e. The van der Waals surface area contributed by atoms with Gasteiger partial charge in [0.15, 0.2) is 11.9 Å². The van der Waals surface area contributed by atoms with Crippen molar-refractivity contribution < 1.29 is 40.4 Å². The molecule has 0 saturated carbocycles. The van der Waals surface area contributed by atoms with Gasteiger partial charge in [-0.15, -0.1) is 0 Å². The predicted octanol–water partition coefficient (Wildman–Crippen LogP) is 1.62. The quantitative estimate of drug-likeness (QED) is 0.531. The van der Waals surface area contributed by atoms with Crippen LogP contribution in [0.5, 0.6) is 5.75 Å². The van der Waals surface area contributed by atoms with Crippen LogP contribution in [0.2, 0.25) is 0 Å². The number of halogens is 3. The van der Waals surface area contributed by atoms with E-state index in [0.29, 0.717) is 5.56 Å². The van der Waals surface area contributed by atoms with E-state index in [1.165, 1.54) is 7.11 Å². The van der Waals surface area contributed by atoms with E-state index in [0.717, 1.165) is 17.0 Å². The maximum absolute atomic E-state index is 12.8. The molecule has 1 fully saturated rings. The summed E-state index contributed by atoms with van der Waals surface area (Å²) in [6.07, 6.45) is -2.29. The van der Waals surface area contributed by atoms with E-state index in [1.807, 2.05) is 0 Å². The van der Waals surface area contributed by atoms with Gasteiger partial charge in [-0.05, 0) is 17.7 Å². The average molecular weight is 446 g/mol. The van der Waals surface area contributed by atoms with E-state index in [9.17, 15) is 31.5 Å². The number of benzene rings is 1. The van der Waals surface area contributed by atoms with Gasteiger partial charge in [-0.3, -0.25) is 9.69 Å². The number of carbonyl (C=O) groups is 1. The lowest BCUT2D eigenvalue weighted by Gasteiger charge is -2.18. The number of hydrogen-bond donors (Lipinski definition) is 1. The van der Waals surface area contributed by atoms with Crippen molar-refractivity contribution in [1.29, 1.82) is 0 Å². The van der Waals surface area contributed by atoms with E-state index < -0.39 is 39.5 Å². The molecule has 1 aromatic heterocycles. The van der Waals surface area contributed by atoms with Gasteiger partial charge in [0.2, 0.25) is 0 Å². The number of β-amino-alcohol motifs (C(OH)–C–C–N with tert-alkyl or cyclic N) is 1. The first-order valence-electron chi connectivity index (χ1n) is 8.60. The number of carbonyl (C=O) groups excluding carboxylic acids is 1. The molecule has 1 amide bonds. The molecule has 2 aromatic rings. The number of nitrogens with zero attached hydrogens (tertiary/aromatic N) is 2. The zero-order valence-electron chi connectivity index (χ0n) is 15.5. The van der Waals surface area contributed by atoms with Gasteiger partial charge in [0.1, 0.15) is 11.9 Å². The molecule has 30 heavy (non-hydrogen) atoms. The number of rotatable bonds is 6. The summed E-state index contributed by atoms with van der Waals surface area (Å²) in [6.45, 7) is -0.143. The Kier molecular flexibility index (Phi) is 6.01. The second-order valence-electron chi connectivity index (χ2n) is 6.43. The molecule has 0 radical (unpaired) electrons. The Balaban J connectivity index is 2.00. The Morgan fingerprint density at radius 1 is 1.20 bits per heavy atom. The third-order valence-corrected chi connectivity index (χ3v) is 5.34. The highest BCUT2D eigenvalue weighted by Crippen LogP contribution is 2.32. The van der Waals surface area contributed by atoms with Crippen LogP contribution in [-0.2, 0) is 26.1 Å². The van der Waals surface area contributed by atoms with Crippen LogP contribution in [0.25, 0.3) is 0 Å². The summed E-state index contributed by atoms with van der Waals surface area (Å²) in [5.41, 5.74) is -5.12. The molecule has 162 valence electrons. The van der Waals surface area contributed by atoms with Gasteiger partial charge < -0.3 is 14.0 Å². The lowest BCUT2D eigenvalue weighted by atomic mass is 10.1. The van der Waals surface area contributed by atoms with Gasteiger partial charge in [-0.1, -0.05) is 30.3 Å². The Labute approximate surface area is 170 Å². The number of pyridine rings is 1. The first-order chi connectivity index (χ1) is 14.0. The van der Waals surface area contributed by atoms with E-state index in [-0.39, 0.29) is 24.5 Å². The summed E-state index contributed by atoms with van der Waals surface area (Å²) in [5.74, 6) is -1.18. The molecule has 0 aliphatic carbocycles. The Morgan fingerprint density at radius 2 is 1.87 bits per heavy atom. The van der Waals surface area contributed by atoms with Gasteiger partial charge >= 0.3 is 15.6 Å². The second kappa shape index (κ2) is 8.20. The van der Waals surface area contributed by atoms with Crippen LogP contribution in [0.1, 0.15) is 11.3 Å². The molecule has 8 nitrogen and oxygen atoms in total. The molecule has 1 aliphatic rings. The highest BCUT2D eigenvalue weighted by atomic mass is 32.2. The normalized spacial score (nSPS) is 19.9. The summed E-state index contributed by atoms with van der Waals surface area (Å²) in [4.78, 5) is 17.6. The third-order valence-electron chi connectivity index (χ3n) is 4.37. The van der Waals surface area contributed by atoms with E-state index in [1.54, 1.807) is 30.3 Å². The van der Waals surface area contributed by atoms with Crippen LogP contribution >= 0.6 is 0 Å². The lowest BCUT2D eigenvalue weighted by molar-refractivity contribution is -0.128. The molecule has 2 atom stereocenters. The van der Waals surface area contributed by atoms with Crippen LogP contribution in [0, 0.1) is 0 Å². The standard InChI is InChI=1S/C18H17F3N2O6S/c1-28-16-13(24)10-23(17(16)25)15-8-7-14(29-30(26,27)18(19,20)21)12(22-15)9-11-5-3-2-4-6-11/h2-8,13,16,24H,9-10H2,1H3. The van der Waals surface area contributed by atoms with Crippen molar-refractivity contribution in [3.8, 4) is 5.75 Å². The Hall–Kier alpha value is -2.70. The number of hydrogen-bond acceptors (Lipinski definition) is 7. The number of methoxy groups -OCH3 is 1. The minimum absolute atomic E-state index is 0.0151. The van der Waals surface area contributed by atoms with Crippen molar-refractivity contribution >= 4 is 21.8 Å². The zero-order valence-corrected chi connectivity index (χ0v) is 16.4. The zero-order chi connectivity index (χ0) is 22.1. The molecular weight excluding hydrogens is 429 g/mol. The van der Waals surface area contributed by atoms with Gasteiger partial charge in [0.25, 0.3) is 5.91 Å². The lowest BCUT2D eigenvalue weighted by Crippen LogP contribution is -2.32. The summed E-state index contributed by atoms with van der Waals surface area (Å²) in [5, 5.41) is 9.95. The van der Waals surface area contributed by atoms with Crippen LogP contribution in [0.4, 0.5) is 19.0 Å². The Bertz CT molecular complexity index is 1030. The molecule has 0 spiro atoms. The Morgan fingerprint density at radius 3 is 2.43 bits per heavy atom. The van der Waals surface area contributed by atoms with E-state index in [2.05, 4.69) is 9.17 Å². The van der Waals surface area contributed by atoms with Crippen molar-refractivity contribution in [1.82, 2.24) is 4.98 Å². The number of alkyl halides is 3. The number of aromatic nitrogens is 1. The molecule has 12 heteroatoms. The largest absolute Gasteiger partial charge is 0.534 e. The van der Waals surface area contributed by atoms with Crippen LogP contribution in [0.3, 0.4) is 0 Å². The topological polar surface area (TPSA) is 106 Å². The van der Waals surface area contributed by atoms with Gasteiger partial charge in [-0.2, -0.15) is 21.6 Å². The molecule has 1 aromatic carbocycles. The summed E-state index contributed by atoms with van der Waals surface area (Å²) >= 11 is 0. The molecule has 2 heterocycles. The molecule has 2 unspecified atom stereocenters. The number of aliphatic hydroxyl groups excluding tert-OH is 1. The second-order valence-corrected chi connectivity index (χ2v) is 7.97. The van der Waals surface area contributed by atoms with Gasteiger partial charge in [0, 0.05) is 13.5 Å². The molecule has 1 aliphatic heterocycles. The van der Waals surface area contributed by atoms with E-state index in [4.69, 9.17) is 4.74 Å². The minimum Gasteiger partial charge on any atom is -0.388 e. The van der Waals surface area contributed by atoms with Crippen molar-refractivity contribution in [3.05, 3.63) is 53.7 Å². The van der Waals surface area contributed by atoms with Crippen molar-refractivity contribution in [2.45, 2.75) is 24.1 Å². The molecular formula is C18H17F3N2O6S. The van der Waals surface area contributed by atoms with Crippen LogP contribution in [0.15, 0.2) is 42.5 Å². The molecule has 3 rings (SSSR count). The van der Waals surface area contributed by atoms with Crippen molar-refractivity contribution in [2.75, 3.05) is 18.6 Å². The highest BCUT2D eigenvalue weighted by Gasteiger charge is 2.49. The number of anilines is 1. The molecule has 1 N–H and O–H groups in total. The molecule has 0 bridgehead atoms. The van der Waals surface area contributed by atoms with Gasteiger partial charge in [0.05, 0.1) is 12.2 Å². The van der Waals surface area contributed by atoms with E-state index >= 15 is 0 Å². The first-order valence-corrected chi connectivity index (χ1v) is 10.0. The fourth-order valence-corrected chi connectivity index (χ4v) is 3.42. The summed E-state index contributed by atoms with van der Waals surface area (Å²) in [7, 11) is -4.66. The van der Waals surface area contributed by atoms with Crippen molar-refractivity contribution in [2.24, 2.45) is 0 Å². The van der Waals surface area contributed by atoms with Crippen LogP contribution < -0.4 is 9.08 Å². The first kappa shape index (κ1) is 22.0. The number of aliphatic hydroxyl groups is 1. The van der Waals surface area contributed by atoms with Gasteiger partial charge in [-0.25, -0.2) is 4.98 Å². The summed E-state index contributed by atoms with van der Waals surface area (Å²) in [6, 6.07) is 10.6. The van der Waals surface area contributed by atoms with Crippen molar-refractivity contribution in [3.63, 3.8) is 0 Å². The number of ether oxygens (including phenoxy) is 1. The maximum atomic E-state index is 12.8. The summed E-state index contributed by atoms with van der Waals surface area (Å²) < 4.78 is 70.4. The highest BCUT2D eigenvalue weighted by molar-refractivity contribution is 7.88. The third kappa shape index (κ3) is 4.40. The number of amides is 1. The molecule has 1 saturated heterocycles. The van der Waals surface area contributed by atoms with Crippen LogP contribution in [-0.4, -0.2) is 55.8 Å².